The van der Waals surface area contributed by atoms with Gasteiger partial charge in [0.05, 0.1) is 40.6 Å². The number of aromatic nitrogens is 5. The zero-order valence-electron chi connectivity index (χ0n) is 18.8. The molecule has 34 heavy (non-hydrogen) atoms. The highest BCUT2D eigenvalue weighted by Crippen LogP contribution is 2.41. The number of benzene rings is 1. The van der Waals surface area contributed by atoms with E-state index in [1.807, 2.05) is 25.1 Å². The first-order valence-corrected chi connectivity index (χ1v) is 11.0. The minimum absolute atomic E-state index is 0.165. The summed E-state index contributed by atoms with van der Waals surface area (Å²) in [4.78, 5) is 26.2. The van der Waals surface area contributed by atoms with Gasteiger partial charge in [0, 0.05) is 42.0 Å². The van der Waals surface area contributed by atoms with Crippen LogP contribution in [0, 0.1) is 6.92 Å². The largest absolute Gasteiger partial charge is 0.334 e. The zero-order chi connectivity index (χ0) is 24.0. The second kappa shape index (κ2) is 8.18. The van der Waals surface area contributed by atoms with Crippen LogP contribution in [0.4, 0.5) is 4.39 Å². The molecule has 0 amide bonds. The Morgan fingerprint density at radius 3 is 2.44 bits per heavy atom. The SMILES string of the molecule is Cc1cccc(-c2cc(=O)n(C)c3ccc([C@](F)(c4ccc(Cl)cc4)c4cncn4C)nc23)n1. The highest BCUT2D eigenvalue weighted by Gasteiger charge is 2.41. The molecule has 0 aliphatic carbocycles. The Morgan fingerprint density at radius 2 is 1.76 bits per heavy atom. The lowest BCUT2D eigenvalue weighted by atomic mass is 9.88. The molecule has 0 spiro atoms. The van der Waals surface area contributed by atoms with Crippen LogP contribution in [0.15, 0.2) is 78.0 Å². The summed E-state index contributed by atoms with van der Waals surface area (Å²) in [7, 11) is 3.40. The number of hydrogen-bond donors (Lipinski definition) is 0. The number of hydrogen-bond acceptors (Lipinski definition) is 4. The van der Waals surface area contributed by atoms with Gasteiger partial charge in [0.1, 0.15) is 0 Å². The van der Waals surface area contributed by atoms with E-state index >= 15 is 4.39 Å². The van der Waals surface area contributed by atoms with Crippen LogP contribution in [0.3, 0.4) is 0 Å². The van der Waals surface area contributed by atoms with E-state index in [0.717, 1.165) is 5.69 Å². The van der Waals surface area contributed by atoms with Crippen LogP contribution < -0.4 is 5.56 Å². The molecule has 0 aliphatic heterocycles. The number of aryl methyl sites for hydroxylation is 3. The van der Waals surface area contributed by atoms with Gasteiger partial charge in [-0.2, -0.15) is 0 Å². The van der Waals surface area contributed by atoms with Gasteiger partial charge in [-0.1, -0.05) is 29.8 Å². The van der Waals surface area contributed by atoms with Crippen molar-refractivity contribution in [1.29, 1.82) is 0 Å². The number of nitrogens with zero attached hydrogens (tertiary/aromatic N) is 5. The predicted octanol–water partition coefficient (Wildman–Crippen LogP) is 4.95. The fourth-order valence-electron chi connectivity index (χ4n) is 4.20. The van der Waals surface area contributed by atoms with Crippen LogP contribution in [-0.2, 0) is 19.8 Å². The summed E-state index contributed by atoms with van der Waals surface area (Å²) < 4.78 is 20.4. The summed E-state index contributed by atoms with van der Waals surface area (Å²) >= 11 is 6.08. The minimum Gasteiger partial charge on any atom is -0.334 e. The van der Waals surface area contributed by atoms with Gasteiger partial charge >= 0.3 is 0 Å². The first-order valence-electron chi connectivity index (χ1n) is 10.7. The van der Waals surface area contributed by atoms with E-state index in [2.05, 4.69) is 9.97 Å². The van der Waals surface area contributed by atoms with Crippen LogP contribution in [0.2, 0.25) is 5.02 Å². The van der Waals surface area contributed by atoms with Crippen molar-refractivity contribution in [1.82, 2.24) is 24.1 Å². The average molecular weight is 474 g/mol. The van der Waals surface area contributed by atoms with Gasteiger partial charge in [-0.25, -0.2) is 14.4 Å². The number of imidazole rings is 1. The van der Waals surface area contributed by atoms with E-state index in [0.29, 0.717) is 38.6 Å². The third-order valence-corrected chi connectivity index (χ3v) is 6.27. The third-order valence-electron chi connectivity index (χ3n) is 6.02. The van der Waals surface area contributed by atoms with Gasteiger partial charge in [-0.15, -0.1) is 0 Å². The smallest absolute Gasteiger partial charge is 0.251 e. The van der Waals surface area contributed by atoms with E-state index in [9.17, 15) is 4.79 Å². The fourth-order valence-corrected chi connectivity index (χ4v) is 4.33. The molecule has 170 valence electrons. The molecular weight excluding hydrogens is 453 g/mol. The maximum atomic E-state index is 17.3. The van der Waals surface area contributed by atoms with Gasteiger partial charge in [0.25, 0.3) is 5.56 Å². The second-order valence-electron chi connectivity index (χ2n) is 8.24. The first kappa shape index (κ1) is 22.0. The highest BCUT2D eigenvalue weighted by atomic mass is 35.5. The van der Waals surface area contributed by atoms with E-state index in [4.69, 9.17) is 16.6 Å². The van der Waals surface area contributed by atoms with Crippen LogP contribution in [0.25, 0.3) is 22.3 Å². The van der Waals surface area contributed by atoms with Crippen molar-refractivity contribution in [2.75, 3.05) is 0 Å². The molecule has 1 aromatic carbocycles. The lowest BCUT2D eigenvalue weighted by Crippen LogP contribution is -2.28. The van der Waals surface area contributed by atoms with Gasteiger partial charge < -0.3 is 9.13 Å². The molecular formula is C26H21ClFN5O. The number of pyridine rings is 3. The van der Waals surface area contributed by atoms with Crippen LogP contribution in [0.1, 0.15) is 22.6 Å². The summed E-state index contributed by atoms with van der Waals surface area (Å²) in [6.07, 6.45) is 3.04. The number of fused-ring (bicyclic) bond motifs is 1. The lowest BCUT2D eigenvalue weighted by molar-refractivity contribution is 0.260. The summed E-state index contributed by atoms with van der Waals surface area (Å²) in [6.45, 7) is 1.88. The van der Waals surface area contributed by atoms with Crippen molar-refractivity contribution in [3.8, 4) is 11.3 Å². The Kier molecular flexibility index (Phi) is 5.29. The summed E-state index contributed by atoms with van der Waals surface area (Å²) in [5.74, 6) is 0. The van der Waals surface area contributed by atoms with E-state index < -0.39 is 5.67 Å². The molecule has 0 unspecified atom stereocenters. The Balaban J connectivity index is 1.84. The molecule has 0 aliphatic rings. The number of halogens is 2. The van der Waals surface area contributed by atoms with Crippen molar-refractivity contribution in [2.24, 2.45) is 14.1 Å². The third kappa shape index (κ3) is 3.49. The van der Waals surface area contributed by atoms with Gasteiger partial charge in [-0.3, -0.25) is 9.78 Å². The maximum absolute atomic E-state index is 17.3. The van der Waals surface area contributed by atoms with E-state index in [1.165, 1.54) is 16.8 Å². The Labute approximate surface area is 200 Å². The molecule has 0 saturated heterocycles. The van der Waals surface area contributed by atoms with E-state index in [-0.39, 0.29) is 11.3 Å². The van der Waals surface area contributed by atoms with Crippen molar-refractivity contribution in [2.45, 2.75) is 12.6 Å². The standard InChI is InChI=1S/C26H21ClFN5O/c1-16-5-4-6-20(30-16)19-13-24(34)33(3)21-11-12-22(31-25(19)21)26(28,23-14-29-15-32(23)2)17-7-9-18(27)10-8-17/h4-15H,1-3H3/t26-/m1/s1. The molecule has 4 aromatic heterocycles. The average Bonchev–Trinajstić information content (AvgIpc) is 3.27. The van der Waals surface area contributed by atoms with Gasteiger partial charge in [0.15, 0.2) is 0 Å². The highest BCUT2D eigenvalue weighted by molar-refractivity contribution is 6.30. The molecule has 6 nitrogen and oxygen atoms in total. The fraction of sp³-hybridized carbons (Fsp3) is 0.154. The molecule has 0 radical (unpaired) electrons. The van der Waals surface area contributed by atoms with Crippen molar-refractivity contribution >= 4 is 22.6 Å². The van der Waals surface area contributed by atoms with Crippen LogP contribution in [-0.4, -0.2) is 24.1 Å². The molecule has 5 aromatic rings. The summed E-state index contributed by atoms with van der Waals surface area (Å²) in [5, 5.41) is 0.505. The normalized spacial score (nSPS) is 13.2. The predicted molar refractivity (Wildman–Crippen MR) is 131 cm³/mol. The number of rotatable bonds is 4. The minimum atomic E-state index is -2.12. The van der Waals surface area contributed by atoms with Crippen molar-refractivity contribution in [3.05, 3.63) is 111 Å². The molecule has 0 bridgehead atoms. The quantitative estimate of drug-likeness (QED) is 0.370. The molecule has 0 saturated carbocycles. The van der Waals surface area contributed by atoms with Crippen LogP contribution >= 0.6 is 11.6 Å². The van der Waals surface area contributed by atoms with Crippen LogP contribution in [0.5, 0.6) is 0 Å². The monoisotopic (exact) mass is 473 g/mol. The zero-order valence-corrected chi connectivity index (χ0v) is 19.6. The van der Waals surface area contributed by atoms with Crippen molar-refractivity contribution in [3.63, 3.8) is 0 Å². The Morgan fingerprint density at radius 1 is 1.00 bits per heavy atom. The van der Waals surface area contributed by atoms with Crippen molar-refractivity contribution < 1.29 is 4.39 Å². The molecule has 5 rings (SSSR count). The Hall–Kier alpha value is -3.84. The number of alkyl halides is 1. The lowest BCUT2D eigenvalue weighted by Gasteiger charge is -2.26. The first-order chi connectivity index (χ1) is 16.3. The van der Waals surface area contributed by atoms with E-state index in [1.54, 1.807) is 61.4 Å². The molecule has 0 fully saturated rings. The summed E-state index contributed by atoms with van der Waals surface area (Å²) in [6, 6.07) is 17.0. The molecule has 1 atom stereocenters. The molecule has 8 heteroatoms. The summed E-state index contributed by atoms with van der Waals surface area (Å²) in [5.41, 5.74) is 1.56. The van der Waals surface area contributed by atoms with Gasteiger partial charge in [-0.05, 0) is 43.3 Å². The maximum Gasteiger partial charge on any atom is 0.251 e. The molecule has 4 heterocycles. The molecule has 0 N–H and O–H groups in total. The van der Waals surface area contributed by atoms with Gasteiger partial charge in [0.2, 0.25) is 5.67 Å². The second-order valence-corrected chi connectivity index (χ2v) is 8.68. The topological polar surface area (TPSA) is 65.6 Å². The Bertz CT molecular complexity index is 1590.